The van der Waals surface area contributed by atoms with E-state index in [1.54, 1.807) is 0 Å². The largest absolute Gasteiger partial charge is 0.374 e. The molecule has 1 heterocycles. The van der Waals surface area contributed by atoms with Crippen molar-refractivity contribution in [1.82, 2.24) is 15.5 Å². The highest BCUT2D eigenvalue weighted by atomic mass is 127. The molecule has 1 aliphatic heterocycles. The van der Waals surface area contributed by atoms with E-state index in [-0.39, 0.29) is 30.1 Å². The Morgan fingerprint density at radius 2 is 2.10 bits per heavy atom. The van der Waals surface area contributed by atoms with Gasteiger partial charge in [0, 0.05) is 25.7 Å². The fraction of sp³-hybridized carbons (Fsp3) is 0.929. The highest BCUT2D eigenvalue weighted by Crippen LogP contribution is 2.03. The van der Waals surface area contributed by atoms with E-state index in [2.05, 4.69) is 55.3 Å². The van der Waals surface area contributed by atoms with Gasteiger partial charge in [-0.05, 0) is 26.8 Å². The Balaban J connectivity index is 0.00000361. The molecule has 5 nitrogen and oxygen atoms in total. The molecule has 0 aromatic rings. The Bertz CT molecular complexity index is 286. The van der Waals surface area contributed by atoms with Gasteiger partial charge in [-0.2, -0.15) is 0 Å². The van der Waals surface area contributed by atoms with Crippen LogP contribution in [0.4, 0.5) is 0 Å². The van der Waals surface area contributed by atoms with Gasteiger partial charge in [-0.25, -0.2) is 0 Å². The molecule has 1 fully saturated rings. The van der Waals surface area contributed by atoms with Gasteiger partial charge >= 0.3 is 0 Å². The fourth-order valence-electron chi connectivity index (χ4n) is 1.87. The number of halogens is 1. The summed E-state index contributed by atoms with van der Waals surface area (Å²) in [5, 5.41) is 6.73. The van der Waals surface area contributed by atoms with Crippen LogP contribution >= 0.6 is 24.0 Å². The molecule has 0 bridgehead atoms. The second-order valence-corrected chi connectivity index (χ2v) is 5.65. The van der Waals surface area contributed by atoms with Gasteiger partial charge in [0.05, 0.1) is 19.3 Å². The van der Waals surface area contributed by atoms with E-state index < -0.39 is 0 Å². The Kier molecular flexibility index (Phi) is 10.6. The molecular weight excluding hydrogens is 367 g/mol. The average molecular weight is 398 g/mol. The number of hydrogen-bond acceptors (Lipinski definition) is 3. The molecule has 0 saturated carbocycles. The van der Waals surface area contributed by atoms with Crippen molar-refractivity contribution in [2.45, 2.75) is 39.8 Å². The summed E-state index contributed by atoms with van der Waals surface area (Å²) in [7, 11) is 2.13. The summed E-state index contributed by atoms with van der Waals surface area (Å²) < 4.78 is 5.73. The number of rotatable bonds is 5. The summed E-state index contributed by atoms with van der Waals surface area (Å²) in [6.45, 7) is 13.1. The Hall–Kier alpha value is -0.0800. The Morgan fingerprint density at radius 1 is 1.40 bits per heavy atom. The minimum absolute atomic E-state index is 0. The van der Waals surface area contributed by atoms with Crippen LogP contribution in [0.15, 0.2) is 4.99 Å². The maximum absolute atomic E-state index is 5.73. The zero-order valence-corrected chi connectivity index (χ0v) is 15.8. The normalized spacial score (nSPS) is 22.3. The molecule has 2 unspecified atom stereocenters. The molecule has 2 atom stereocenters. The van der Waals surface area contributed by atoms with Gasteiger partial charge in [-0.3, -0.25) is 4.99 Å². The van der Waals surface area contributed by atoms with Crippen LogP contribution in [0, 0.1) is 5.92 Å². The number of nitrogens with zero attached hydrogens (tertiary/aromatic N) is 2. The van der Waals surface area contributed by atoms with Crippen LogP contribution in [-0.4, -0.2) is 62.8 Å². The van der Waals surface area contributed by atoms with Gasteiger partial charge in [0.15, 0.2) is 5.96 Å². The minimum Gasteiger partial charge on any atom is -0.374 e. The first-order valence-electron chi connectivity index (χ1n) is 7.38. The van der Waals surface area contributed by atoms with Gasteiger partial charge in [-0.1, -0.05) is 13.8 Å². The van der Waals surface area contributed by atoms with Crippen LogP contribution in [0.1, 0.15) is 27.7 Å². The van der Waals surface area contributed by atoms with Crippen LogP contribution in [-0.2, 0) is 4.74 Å². The van der Waals surface area contributed by atoms with E-state index in [1.165, 1.54) is 0 Å². The SMILES string of the molecule is CCNC(=NCC1CN(C)CCO1)NC(C)C(C)C.I. The molecule has 1 rings (SSSR count). The molecule has 0 radical (unpaired) electrons. The highest BCUT2D eigenvalue weighted by Gasteiger charge is 2.17. The standard InChI is InChI=1S/C14H30N4O.HI/c1-6-15-14(17-12(4)11(2)3)16-9-13-10-18(5)7-8-19-13;/h11-13H,6-10H2,1-5H3,(H2,15,16,17);1H. The molecule has 20 heavy (non-hydrogen) atoms. The predicted molar refractivity (Wildman–Crippen MR) is 96.1 cm³/mol. The minimum atomic E-state index is 0. The zero-order chi connectivity index (χ0) is 14.3. The molecule has 0 aliphatic carbocycles. The van der Waals surface area contributed by atoms with Crippen molar-refractivity contribution < 1.29 is 4.74 Å². The third-order valence-electron chi connectivity index (χ3n) is 3.50. The van der Waals surface area contributed by atoms with Crippen molar-refractivity contribution in [3.05, 3.63) is 0 Å². The van der Waals surface area contributed by atoms with Crippen molar-refractivity contribution in [2.75, 3.05) is 39.8 Å². The third-order valence-corrected chi connectivity index (χ3v) is 3.50. The Morgan fingerprint density at radius 3 is 2.65 bits per heavy atom. The van der Waals surface area contributed by atoms with Crippen molar-refractivity contribution in [2.24, 2.45) is 10.9 Å². The lowest BCUT2D eigenvalue weighted by Crippen LogP contribution is -2.46. The van der Waals surface area contributed by atoms with Crippen molar-refractivity contribution in [1.29, 1.82) is 0 Å². The van der Waals surface area contributed by atoms with E-state index >= 15 is 0 Å². The second-order valence-electron chi connectivity index (χ2n) is 5.65. The Labute approximate surface area is 140 Å². The molecule has 0 aromatic carbocycles. The quantitative estimate of drug-likeness (QED) is 0.419. The van der Waals surface area contributed by atoms with Crippen molar-refractivity contribution in [3.63, 3.8) is 0 Å². The van der Waals surface area contributed by atoms with Gasteiger partial charge < -0.3 is 20.3 Å². The lowest BCUT2D eigenvalue weighted by molar-refractivity contribution is -0.0136. The molecule has 1 aliphatic rings. The van der Waals surface area contributed by atoms with E-state index in [0.717, 1.165) is 32.2 Å². The summed E-state index contributed by atoms with van der Waals surface area (Å²) in [6, 6.07) is 0.410. The first kappa shape index (κ1) is 19.9. The lowest BCUT2D eigenvalue weighted by atomic mass is 10.1. The molecule has 0 aromatic heterocycles. The van der Waals surface area contributed by atoms with Crippen LogP contribution < -0.4 is 10.6 Å². The van der Waals surface area contributed by atoms with Gasteiger partial charge in [0.1, 0.15) is 0 Å². The zero-order valence-electron chi connectivity index (χ0n) is 13.5. The highest BCUT2D eigenvalue weighted by molar-refractivity contribution is 14.0. The van der Waals surface area contributed by atoms with Crippen LogP contribution in [0.2, 0.25) is 0 Å². The summed E-state index contributed by atoms with van der Waals surface area (Å²) in [5.74, 6) is 1.47. The molecule has 6 heteroatoms. The van der Waals surface area contributed by atoms with Gasteiger partial charge in [0.2, 0.25) is 0 Å². The number of nitrogens with one attached hydrogen (secondary N) is 2. The molecule has 0 amide bonds. The molecule has 1 saturated heterocycles. The maximum atomic E-state index is 5.73. The van der Waals surface area contributed by atoms with Gasteiger partial charge in [0.25, 0.3) is 0 Å². The lowest BCUT2D eigenvalue weighted by Gasteiger charge is -2.29. The van der Waals surface area contributed by atoms with E-state index in [4.69, 9.17) is 4.74 Å². The van der Waals surface area contributed by atoms with Crippen LogP contribution in [0.3, 0.4) is 0 Å². The van der Waals surface area contributed by atoms with Gasteiger partial charge in [-0.15, -0.1) is 24.0 Å². The summed E-state index contributed by atoms with van der Waals surface area (Å²) in [6.07, 6.45) is 0.212. The van der Waals surface area contributed by atoms with Crippen molar-refractivity contribution in [3.8, 4) is 0 Å². The first-order chi connectivity index (χ1) is 9.02. The average Bonchev–Trinajstić information content (AvgIpc) is 2.36. The van der Waals surface area contributed by atoms with E-state index in [1.807, 2.05) is 0 Å². The third kappa shape index (κ3) is 7.64. The number of morpholine rings is 1. The predicted octanol–water partition coefficient (Wildman–Crippen LogP) is 1.53. The summed E-state index contributed by atoms with van der Waals surface area (Å²) in [4.78, 5) is 6.93. The monoisotopic (exact) mass is 398 g/mol. The van der Waals surface area contributed by atoms with Crippen LogP contribution in [0.25, 0.3) is 0 Å². The smallest absolute Gasteiger partial charge is 0.191 e. The van der Waals surface area contributed by atoms with Crippen LogP contribution in [0.5, 0.6) is 0 Å². The fourth-order valence-corrected chi connectivity index (χ4v) is 1.87. The van der Waals surface area contributed by atoms with Crippen molar-refractivity contribution >= 4 is 29.9 Å². The first-order valence-corrected chi connectivity index (χ1v) is 7.38. The maximum Gasteiger partial charge on any atom is 0.191 e. The van der Waals surface area contributed by atoms with E-state index in [0.29, 0.717) is 18.5 Å². The molecule has 2 N–H and O–H groups in total. The number of hydrogen-bond donors (Lipinski definition) is 2. The second kappa shape index (κ2) is 10.6. The summed E-state index contributed by atoms with van der Waals surface area (Å²) >= 11 is 0. The number of ether oxygens (including phenoxy) is 1. The summed E-state index contributed by atoms with van der Waals surface area (Å²) in [5.41, 5.74) is 0. The topological polar surface area (TPSA) is 48.9 Å². The number of aliphatic imine (C=N–C) groups is 1. The molecular formula is C14H31IN4O. The number of guanidine groups is 1. The molecule has 0 spiro atoms. The van der Waals surface area contributed by atoms with E-state index in [9.17, 15) is 0 Å². The molecule has 120 valence electrons. The number of likely N-dealkylation sites (N-methyl/N-ethyl adjacent to an activating group) is 1.